The lowest BCUT2D eigenvalue weighted by Gasteiger charge is -2.36. The number of halogens is 2. The normalized spacial score (nSPS) is 22.9. The van der Waals surface area contributed by atoms with E-state index in [2.05, 4.69) is 45.1 Å². The van der Waals surface area contributed by atoms with E-state index in [1.165, 1.54) is 47.5 Å². The molecule has 2 fully saturated rings. The molecule has 1 aromatic heterocycles. The molecule has 1 aliphatic carbocycles. The highest BCUT2D eigenvalue weighted by molar-refractivity contribution is 7.89. The monoisotopic (exact) mass is 519 g/mol. The van der Waals surface area contributed by atoms with Gasteiger partial charge in [0.2, 0.25) is 10.0 Å². The first-order valence-corrected chi connectivity index (χ1v) is 14.4. The minimum absolute atomic E-state index is 0.0247. The van der Waals surface area contributed by atoms with Crippen LogP contribution in [-0.4, -0.2) is 44.0 Å². The predicted molar refractivity (Wildman–Crippen MR) is 139 cm³/mol. The first-order valence-electron chi connectivity index (χ1n) is 12.1. The van der Waals surface area contributed by atoms with E-state index in [-0.39, 0.29) is 16.0 Å². The minimum atomic E-state index is -3.59. The molecule has 0 spiro atoms. The Labute approximate surface area is 211 Å². The zero-order valence-electron chi connectivity index (χ0n) is 19.1. The van der Waals surface area contributed by atoms with Crippen molar-refractivity contribution in [3.05, 3.63) is 64.3 Å². The van der Waals surface area contributed by atoms with E-state index < -0.39 is 10.0 Å². The summed E-state index contributed by atoms with van der Waals surface area (Å²) in [6.45, 7) is 3.38. The summed E-state index contributed by atoms with van der Waals surface area (Å²) in [6.07, 6.45) is 8.44. The third-order valence-corrected chi connectivity index (χ3v) is 9.79. The number of para-hydroxylation sites is 1. The van der Waals surface area contributed by atoms with Crippen molar-refractivity contribution >= 4 is 44.1 Å². The number of nitrogens with one attached hydrogen (secondary N) is 2. The molecule has 182 valence electrons. The van der Waals surface area contributed by atoms with Gasteiger partial charge in [0, 0.05) is 29.7 Å². The number of nitrogens with zero attached hydrogens (tertiary/aromatic N) is 1. The fraction of sp³-hybridized carbons (Fsp3) is 0.462. The molecule has 1 saturated carbocycles. The van der Waals surface area contributed by atoms with Crippen LogP contribution in [0.3, 0.4) is 0 Å². The zero-order valence-corrected chi connectivity index (χ0v) is 21.5. The van der Waals surface area contributed by atoms with E-state index in [0.717, 1.165) is 45.3 Å². The van der Waals surface area contributed by atoms with Crippen LogP contribution < -0.4 is 4.72 Å². The van der Waals surface area contributed by atoms with E-state index >= 15 is 0 Å². The second kappa shape index (κ2) is 10.2. The molecule has 2 N–H and O–H groups in total. The third kappa shape index (κ3) is 5.31. The van der Waals surface area contributed by atoms with Crippen molar-refractivity contribution in [3.8, 4) is 0 Å². The molecule has 0 unspecified atom stereocenters. The fourth-order valence-electron chi connectivity index (χ4n) is 5.62. The minimum Gasteiger partial charge on any atom is -0.361 e. The Morgan fingerprint density at radius 1 is 0.941 bits per heavy atom. The lowest BCUT2D eigenvalue weighted by atomic mass is 9.84. The molecule has 1 aliphatic heterocycles. The number of hydrogen-bond donors (Lipinski definition) is 2. The molecule has 0 atom stereocenters. The van der Waals surface area contributed by atoms with Crippen molar-refractivity contribution < 1.29 is 8.42 Å². The number of sulfonamides is 1. The van der Waals surface area contributed by atoms with Gasteiger partial charge in [-0.15, -0.1) is 0 Å². The van der Waals surface area contributed by atoms with E-state index in [0.29, 0.717) is 16.9 Å². The van der Waals surface area contributed by atoms with Crippen LogP contribution in [0.15, 0.2) is 53.6 Å². The molecule has 8 heteroatoms. The number of aromatic amines is 1. The van der Waals surface area contributed by atoms with Gasteiger partial charge >= 0.3 is 0 Å². The second-order valence-corrected chi connectivity index (χ2v) is 12.3. The number of fused-ring (bicyclic) bond motifs is 1. The Bertz CT molecular complexity index is 1240. The topological polar surface area (TPSA) is 65.2 Å². The molecular weight excluding hydrogens is 489 g/mol. The van der Waals surface area contributed by atoms with Gasteiger partial charge < -0.3 is 9.88 Å². The molecule has 0 radical (unpaired) electrons. The van der Waals surface area contributed by atoms with Gasteiger partial charge in [-0.2, -0.15) is 0 Å². The number of likely N-dealkylation sites (tertiary alicyclic amines) is 1. The molecule has 3 aromatic rings. The maximum Gasteiger partial charge on any atom is 0.240 e. The average Bonchev–Trinajstić information content (AvgIpc) is 3.27. The van der Waals surface area contributed by atoms with Crippen molar-refractivity contribution in [3.63, 3.8) is 0 Å². The maximum atomic E-state index is 12.7. The molecule has 0 bridgehead atoms. The van der Waals surface area contributed by atoms with Crippen LogP contribution in [0.4, 0.5) is 0 Å². The van der Waals surface area contributed by atoms with Gasteiger partial charge in [0.05, 0.1) is 14.9 Å². The molecule has 1 saturated heterocycles. The SMILES string of the molecule is O=S(=O)(NC1CCC(CN2CCC(c3c[nH]c4ccccc34)CC2)CC1)c1ccc(Cl)c(Cl)c1. The Balaban J connectivity index is 1.09. The molecule has 5 nitrogen and oxygen atoms in total. The largest absolute Gasteiger partial charge is 0.361 e. The number of aromatic nitrogens is 1. The number of hydrogen-bond acceptors (Lipinski definition) is 3. The summed E-state index contributed by atoms with van der Waals surface area (Å²) in [7, 11) is -3.59. The molecule has 2 aliphatic rings. The molecular formula is C26H31Cl2N3O2S. The quantitative estimate of drug-likeness (QED) is 0.407. The van der Waals surface area contributed by atoms with Gasteiger partial charge in [-0.1, -0.05) is 41.4 Å². The highest BCUT2D eigenvalue weighted by Gasteiger charge is 2.29. The zero-order chi connectivity index (χ0) is 23.7. The average molecular weight is 521 g/mol. The van der Waals surface area contributed by atoms with Crippen LogP contribution in [-0.2, 0) is 10.0 Å². The second-order valence-electron chi connectivity index (χ2n) is 9.78. The first kappa shape index (κ1) is 24.1. The molecule has 2 heterocycles. The van der Waals surface area contributed by atoms with Crippen molar-refractivity contribution in [1.82, 2.24) is 14.6 Å². The van der Waals surface area contributed by atoms with Crippen LogP contribution >= 0.6 is 23.2 Å². The molecule has 34 heavy (non-hydrogen) atoms. The van der Waals surface area contributed by atoms with Crippen LogP contribution in [0.25, 0.3) is 10.9 Å². The summed E-state index contributed by atoms with van der Waals surface area (Å²) in [5, 5.41) is 1.97. The fourth-order valence-corrected chi connectivity index (χ4v) is 7.31. The summed E-state index contributed by atoms with van der Waals surface area (Å²) in [5.74, 6) is 1.26. The Hall–Kier alpha value is -1.57. The molecule has 0 amide bonds. The van der Waals surface area contributed by atoms with E-state index in [1.54, 1.807) is 0 Å². The summed E-state index contributed by atoms with van der Waals surface area (Å²) in [4.78, 5) is 6.20. The van der Waals surface area contributed by atoms with Crippen molar-refractivity contribution in [2.45, 2.75) is 55.4 Å². The van der Waals surface area contributed by atoms with Crippen LogP contribution in [0, 0.1) is 5.92 Å². The summed E-state index contributed by atoms with van der Waals surface area (Å²) in [5.41, 5.74) is 2.69. The Morgan fingerprint density at radius 2 is 1.68 bits per heavy atom. The number of rotatable bonds is 6. The number of benzene rings is 2. The number of piperidine rings is 1. The van der Waals surface area contributed by atoms with E-state index in [9.17, 15) is 8.42 Å². The molecule has 5 rings (SSSR count). The van der Waals surface area contributed by atoms with Crippen molar-refractivity contribution in [1.29, 1.82) is 0 Å². The summed E-state index contributed by atoms with van der Waals surface area (Å²) >= 11 is 11.9. The standard InChI is InChI=1S/C26H31Cl2N3O2S/c27-24-10-9-21(15-25(24)28)34(32,33)30-20-7-5-18(6-8-20)17-31-13-11-19(12-14-31)23-16-29-26-4-2-1-3-22(23)26/h1-4,9-10,15-16,18-20,29-30H,5-8,11-14,17H2. The van der Waals surface area contributed by atoms with Crippen LogP contribution in [0.2, 0.25) is 10.0 Å². The van der Waals surface area contributed by atoms with Gasteiger partial charge in [0.1, 0.15) is 0 Å². The summed E-state index contributed by atoms with van der Waals surface area (Å²) in [6, 6.07) is 13.0. The van der Waals surface area contributed by atoms with Gasteiger partial charge in [-0.25, -0.2) is 13.1 Å². The predicted octanol–water partition coefficient (Wildman–Crippen LogP) is 6.19. The van der Waals surface area contributed by atoms with Gasteiger partial charge in [-0.3, -0.25) is 0 Å². The highest BCUT2D eigenvalue weighted by Crippen LogP contribution is 2.34. The Morgan fingerprint density at radius 3 is 2.41 bits per heavy atom. The van der Waals surface area contributed by atoms with Crippen LogP contribution in [0.5, 0.6) is 0 Å². The third-order valence-electron chi connectivity index (χ3n) is 7.53. The van der Waals surface area contributed by atoms with Crippen molar-refractivity contribution in [2.75, 3.05) is 19.6 Å². The van der Waals surface area contributed by atoms with Crippen molar-refractivity contribution in [2.24, 2.45) is 5.92 Å². The van der Waals surface area contributed by atoms with E-state index in [1.807, 2.05) is 0 Å². The molecule has 2 aromatic carbocycles. The Kier molecular flexibility index (Phi) is 7.24. The van der Waals surface area contributed by atoms with E-state index in [4.69, 9.17) is 23.2 Å². The highest BCUT2D eigenvalue weighted by atomic mass is 35.5. The van der Waals surface area contributed by atoms with Gasteiger partial charge in [0.15, 0.2) is 0 Å². The lowest BCUT2D eigenvalue weighted by Crippen LogP contribution is -2.41. The van der Waals surface area contributed by atoms with Crippen LogP contribution in [0.1, 0.15) is 50.0 Å². The number of H-pyrrole nitrogens is 1. The maximum absolute atomic E-state index is 12.7. The summed E-state index contributed by atoms with van der Waals surface area (Å²) < 4.78 is 28.4. The van der Waals surface area contributed by atoms with Gasteiger partial charge in [0.25, 0.3) is 0 Å². The first-order chi connectivity index (χ1) is 16.4. The smallest absolute Gasteiger partial charge is 0.240 e. The lowest BCUT2D eigenvalue weighted by molar-refractivity contribution is 0.159. The van der Waals surface area contributed by atoms with Gasteiger partial charge in [-0.05, 0) is 93.3 Å².